The van der Waals surface area contributed by atoms with Crippen molar-refractivity contribution in [1.29, 1.82) is 0 Å². The van der Waals surface area contributed by atoms with Gasteiger partial charge in [0, 0.05) is 161 Å². The Kier molecular flexibility index (Phi) is 35.0. The summed E-state index contributed by atoms with van der Waals surface area (Å²) in [5.41, 5.74) is 33.8. The van der Waals surface area contributed by atoms with Gasteiger partial charge in [-0.15, -0.1) is 0 Å². The van der Waals surface area contributed by atoms with Crippen molar-refractivity contribution in [3.8, 4) is 53.1 Å². The third kappa shape index (κ3) is 30.7. The van der Waals surface area contributed by atoms with Crippen molar-refractivity contribution in [3.63, 3.8) is 0 Å². The number of benzene rings is 9. The van der Waals surface area contributed by atoms with Crippen molar-refractivity contribution in [1.82, 2.24) is 45.3 Å². The number of nitrogens with zero attached hydrogens (tertiary/aromatic N) is 9. The Balaban J connectivity index is 0.000000169. The lowest BCUT2D eigenvalue weighted by molar-refractivity contribution is -0.153. The molecule has 4 aromatic heterocycles. The molecule has 1 unspecified atom stereocenters. The lowest BCUT2D eigenvalue weighted by Crippen LogP contribution is -2.39. The Hall–Kier alpha value is -14.7. The highest BCUT2D eigenvalue weighted by Gasteiger charge is 2.29. The van der Waals surface area contributed by atoms with Crippen LogP contribution in [0.25, 0.3) is 43.2 Å². The number of likely N-dealkylation sites (N-methyl/N-ethyl adjacent to an activating group) is 2. The number of Topliss-reactive ketones (excluding diaryl/α,β-unsaturated/α-hetero) is 1. The van der Waals surface area contributed by atoms with Gasteiger partial charge in [-0.05, 0) is 248 Å². The summed E-state index contributed by atoms with van der Waals surface area (Å²) in [6.07, 6.45) is 6.59. The molecular weight excluding hydrogens is 1790 g/mol. The number of aryl methyl sites for hydroxylation is 1. The zero-order valence-electron chi connectivity index (χ0n) is 79.4. The summed E-state index contributed by atoms with van der Waals surface area (Å²) in [4.78, 5) is 95.0. The molecule has 6 heterocycles. The number of hydrogen-bond acceptors (Lipinski definition) is 21. The molecule has 11 N–H and O–H groups in total. The Bertz CT molecular complexity index is 6970. The van der Waals surface area contributed by atoms with Gasteiger partial charge in [0.15, 0.2) is 5.78 Å². The van der Waals surface area contributed by atoms with Crippen molar-refractivity contribution in [2.24, 2.45) is 15.9 Å². The predicted octanol–water partition coefficient (Wildman–Crippen LogP) is 18.7. The van der Waals surface area contributed by atoms with Crippen molar-refractivity contribution in [2.75, 3.05) is 97.0 Å². The lowest BCUT2D eigenvalue weighted by atomic mass is 9.90. The standard InChI is InChI=1S/C36H41ClN4O5.C30H28ClN3O2.C23H23ClN4O2.C22H20N4/c1-35(2,3)45-31(42)21-28(40-34(44)46-36(4,5)6)19-24-15-17-41(18-16-24)33(43)25-10-7-23(8-11-25)9-14-29-30-20-27(37)13-12-26(30)22-39-32(29)38;1-34(2)17-18-36-26-13-5-22(6-14-26)8-16-29(35)23-9-3-21(4-10-23)7-15-27-28-19-25(31)12-11-24(28)20-33-30(27)32;1-28(2)14-19(29)13-27-23(30)16-5-3-4-15(10-16)6-9-20-21-11-18(24)8-7-17(21)12-26-22(20)25;1-22(2)14-24-21(26-22)16-10-7-15(8-11-16)9-12-18-13-17-5-3-4-6-19(17)25-20(18)23/h7-8,10-13,20,22,24H,15-19,21H2,1-6H3,(H2,38,39);3-6,9-14,19-20H,8,16-18H2,1-2H3,(H2,32,33);3-5,7-8,10-12,19,29H,13-14H2,1-2H3,(H2,25,26)(H,27,30);3-8,10-11,13H,14H2,1-2H3,(H2,23,25)(H,24,26). The van der Waals surface area contributed by atoms with Gasteiger partial charge in [-0.2, -0.15) is 4.99 Å². The van der Waals surface area contributed by atoms with E-state index in [1.54, 1.807) is 103 Å². The topological polar surface area (TPSA) is 347 Å². The number of hydrogen-bond donors (Lipinski definition) is 7. The number of aliphatic hydroxyl groups is 1. The number of piperidine rings is 1. The largest absolute Gasteiger partial charge is 0.492 e. The molecule has 138 heavy (non-hydrogen) atoms. The molecule has 706 valence electrons. The molecule has 0 radical (unpaired) electrons. The third-order valence-electron chi connectivity index (χ3n) is 21.7. The summed E-state index contributed by atoms with van der Waals surface area (Å²) in [7, 11) is 7.75. The zero-order chi connectivity index (χ0) is 99.0. The number of nitrogens with one attached hydrogen (secondary N) is 2. The first-order chi connectivity index (χ1) is 65.8. The van der Waals surface area contributed by atoms with Gasteiger partial charge >= 0.3 is 12.1 Å². The van der Waals surface area contributed by atoms with Crippen molar-refractivity contribution in [3.05, 3.63) is 312 Å². The quantitative estimate of drug-likeness (QED) is 0.0171. The second kappa shape index (κ2) is 47.2. The molecule has 24 nitrogen and oxygen atoms in total. The highest BCUT2D eigenvalue weighted by molar-refractivity contribution is 6.32. The number of para-hydroxylation sites is 1. The number of rotatable bonds is 19. The van der Waals surface area contributed by atoms with E-state index in [9.17, 15) is 29.1 Å². The summed E-state index contributed by atoms with van der Waals surface area (Å²) in [6.45, 7) is 19.0. The van der Waals surface area contributed by atoms with E-state index < -0.39 is 29.4 Å². The second-order valence-electron chi connectivity index (χ2n) is 36.6. The first-order valence-electron chi connectivity index (χ1n) is 45.1. The molecule has 1 fully saturated rings. The van der Waals surface area contributed by atoms with E-state index >= 15 is 0 Å². The number of ketones is 1. The van der Waals surface area contributed by atoms with Crippen LogP contribution in [0.3, 0.4) is 0 Å². The van der Waals surface area contributed by atoms with Crippen LogP contribution in [0.5, 0.6) is 5.75 Å². The van der Waals surface area contributed by atoms with Crippen LogP contribution >= 0.6 is 34.8 Å². The normalized spacial score (nSPS) is 13.0. The number of amides is 3. The summed E-state index contributed by atoms with van der Waals surface area (Å²) in [5, 5.41) is 24.1. The number of aliphatic hydroxyl groups excluding tert-OH is 1. The molecular formula is C111H112Cl3N15O9. The average Bonchev–Trinajstić information content (AvgIpc) is 1.02. The van der Waals surface area contributed by atoms with Gasteiger partial charge in [-0.3, -0.25) is 24.2 Å². The molecule has 2 aliphatic heterocycles. The van der Waals surface area contributed by atoms with Crippen LogP contribution in [0, 0.1) is 53.3 Å². The lowest BCUT2D eigenvalue weighted by Gasteiger charge is -2.32. The number of anilines is 4. The predicted molar refractivity (Wildman–Crippen MR) is 555 cm³/mol. The van der Waals surface area contributed by atoms with Gasteiger partial charge in [-0.25, -0.2) is 24.7 Å². The van der Waals surface area contributed by atoms with Gasteiger partial charge < -0.3 is 67.6 Å². The molecule has 2 aliphatic rings. The number of amidine groups is 1. The van der Waals surface area contributed by atoms with Crippen LogP contribution < -0.4 is 38.3 Å². The van der Waals surface area contributed by atoms with Crippen LogP contribution in [-0.2, 0) is 20.7 Å². The fourth-order valence-electron chi connectivity index (χ4n) is 14.8. The summed E-state index contributed by atoms with van der Waals surface area (Å²) >= 11 is 18.5. The van der Waals surface area contributed by atoms with Gasteiger partial charge in [0.05, 0.1) is 52.4 Å². The summed E-state index contributed by atoms with van der Waals surface area (Å²) < 4.78 is 16.5. The number of nitrogen functional groups attached to an aromatic ring is 4. The van der Waals surface area contributed by atoms with Crippen LogP contribution in [0.2, 0.25) is 15.1 Å². The molecule has 15 rings (SSSR count). The molecule has 0 bridgehead atoms. The number of carbonyl (C=O) groups is 5. The number of ether oxygens (including phenoxy) is 3. The Labute approximate surface area is 820 Å². The Morgan fingerprint density at radius 3 is 1.59 bits per heavy atom. The van der Waals surface area contributed by atoms with Crippen molar-refractivity contribution >= 4 is 143 Å². The fourth-order valence-corrected chi connectivity index (χ4v) is 15.3. The minimum absolute atomic E-state index is 0.0222. The smallest absolute Gasteiger partial charge is 0.434 e. The summed E-state index contributed by atoms with van der Waals surface area (Å²) in [6, 6.07) is 63.8. The minimum Gasteiger partial charge on any atom is -0.492 e. The van der Waals surface area contributed by atoms with E-state index in [0.717, 1.165) is 101 Å². The van der Waals surface area contributed by atoms with E-state index in [0.29, 0.717) is 141 Å². The number of aliphatic imine (C=N–C) groups is 2. The highest BCUT2D eigenvalue weighted by atomic mass is 35.5. The van der Waals surface area contributed by atoms with Crippen LogP contribution in [-0.4, -0.2) is 178 Å². The van der Waals surface area contributed by atoms with Crippen LogP contribution in [0.15, 0.2) is 235 Å². The fraction of sp³-hybridized carbons (Fsp3) is 0.270. The maximum atomic E-state index is 13.3. The zero-order valence-corrected chi connectivity index (χ0v) is 81.7. The molecule has 1 atom stereocenters. The molecule has 3 amide bonds. The van der Waals surface area contributed by atoms with Gasteiger partial charge in [0.25, 0.3) is 11.8 Å². The number of aromatic nitrogens is 4. The molecule has 13 aromatic rings. The molecule has 0 aliphatic carbocycles. The average molecular weight is 1910 g/mol. The van der Waals surface area contributed by atoms with E-state index in [-0.39, 0.29) is 42.0 Å². The number of nitrogens with two attached hydrogens (primary N) is 4. The Morgan fingerprint density at radius 1 is 0.565 bits per heavy atom. The van der Waals surface area contributed by atoms with E-state index in [1.165, 1.54) is 0 Å². The Morgan fingerprint density at radius 2 is 1.08 bits per heavy atom. The first-order valence-corrected chi connectivity index (χ1v) is 46.2. The molecule has 0 spiro atoms. The SMILES string of the molecule is CC(C)(C)OC(=O)CC(CC1CCN(C(=O)c2ccc(C#Cc3c(N)ncc4ccc(Cl)cc34)cc2)CC1)=NC(=O)OC(C)(C)C.CC1(C)CN=C(c2ccc(C#Cc3cc4ccccc4nc3N)cc2)N1.CN(C)CC(O)CNC(=O)c1cccc(C#Cc2c(N)ncc3ccc(Cl)cc23)c1.CN(C)CCOc1ccc(CCC(=O)c2ccc(C#Cc3c(N)ncc4ccc(Cl)cc34)cc2)cc1. The van der Waals surface area contributed by atoms with E-state index in [4.69, 9.17) is 71.9 Å². The number of likely N-dealkylation sites (tertiary alicyclic amines) is 1. The van der Waals surface area contributed by atoms with Gasteiger partial charge in [-0.1, -0.05) is 161 Å². The molecule has 1 saturated heterocycles. The number of carbonyl (C=O) groups excluding carboxylic acids is 5. The highest BCUT2D eigenvalue weighted by Crippen LogP contribution is 2.31. The van der Waals surface area contributed by atoms with Gasteiger partial charge in [0.1, 0.15) is 52.7 Å². The third-order valence-corrected chi connectivity index (χ3v) is 22.4. The maximum absolute atomic E-state index is 13.3. The number of esters is 1. The first kappa shape index (κ1) is 102. The van der Waals surface area contributed by atoms with Crippen molar-refractivity contribution in [2.45, 2.75) is 117 Å². The molecule has 27 heteroatoms. The second-order valence-corrected chi connectivity index (χ2v) is 37.9. The van der Waals surface area contributed by atoms with Crippen LogP contribution in [0.4, 0.5) is 28.1 Å². The van der Waals surface area contributed by atoms with Gasteiger partial charge in [0.2, 0.25) is 0 Å². The van der Waals surface area contributed by atoms with E-state index in [1.807, 2.05) is 202 Å². The minimum atomic E-state index is -0.728. The van der Waals surface area contributed by atoms with E-state index in [2.05, 4.69) is 107 Å². The number of halogens is 3. The number of fused-ring (bicyclic) bond motifs is 4. The monoisotopic (exact) mass is 1900 g/mol. The van der Waals surface area contributed by atoms with Crippen LogP contribution in [0.1, 0.15) is 174 Å². The molecule has 0 saturated carbocycles. The number of pyridine rings is 4. The summed E-state index contributed by atoms with van der Waals surface area (Å²) in [5.74, 6) is 27.6. The maximum Gasteiger partial charge on any atom is 0.434 e. The molecule has 9 aromatic carbocycles. The van der Waals surface area contributed by atoms with Crippen molar-refractivity contribution < 1.29 is 43.3 Å².